The summed E-state index contributed by atoms with van der Waals surface area (Å²) in [6.45, 7) is 2.85. The van der Waals surface area contributed by atoms with Gasteiger partial charge in [-0.05, 0) is 25.1 Å². The number of nitrogens with zero attached hydrogens (tertiary/aromatic N) is 2. The Morgan fingerprint density at radius 2 is 1.86 bits per heavy atom. The smallest absolute Gasteiger partial charge is 0.144 e. The van der Waals surface area contributed by atoms with Crippen LogP contribution >= 0.6 is 0 Å². The summed E-state index contributed by atoms with van der Waals surface area (Å²) in [6, 6.07) is 16.3. The minimum Gasteiger partial charge on any atom is -0.494 e. The Morgan fingerprint density at radius 3 is 2.73 bits per heavy atom. The minimum absolute atomic E-state index is 0.799. The van der Waals surface area contributed by atoms with Crippen LogP contribution in [0.15, 0.2) is 48.5 Å². The third-order valence-electron chi connectivity index (χ3n) is 4.14. The number of hydrogen-bond donors (Lipinski definition) is 1. The molecule has 0 spiro atoms. The lowest BCUT2D eigenvalue weighted by Crippen LogP contribution is -2.10. The number of ether oxygens (including phenoxy) is 1. The maximum absolute atomic E-state index is 5.51. The van der Waals surface area contributed by atoms with Gasteiger partial charge in [-0.2, -0.15) is 5.10 Å². The van der Waals surface area contributed by atoms with Gasteiger partial charge >= 0.3 is 0 Å². The minimum atomic E-state index is 0.799. The van der Waals surface area contributed by atoms with Crippen LogP contribution in [0.25, 0.3) is 16.9 Å². The first-order valence-electron chi connectivity index (χ1n) is 7.35. The van der Waals surface area contributed by atoms with Crippen molar-refractivity contribution in [3.05, 3.63) is 59.8 Å². The van der Waals surface area contributed by atoms with Crippen molar-refractivity contribution in [2.45, 2.75) is 13.5 Å². The zero-order chi connectivity index (χ0) is 15.1. The van der Waals surface area contributed by atoms with Gasteiger partial charge in [-0.1, -0.05) is 30.3 Å². The predicted octanol–water partition coefficient (Wildman–Crippen LogP) is 3.78. The SMILES string of the molecule is COc1ccccc1-n1nc(C)c2c1-c1ccccc1NC2. The normalized spacial score (nSPS) is 12.3. The topological polar surface area (TPSA) is 39.1 Å². The van der Waals surface area contributed by atoms with Crippen LogP contribution in [0.2, 0.25) is 0 Å². The summed E-state index contributed by atoms with van der Waals surface area (Å²) in [5.41, 5.74) is 6.72. The van der Waals surface area contributed by atoms with Gasteiger partial charge in [0.1, 0.15) is 11.4 Å². The van der Waals surface area contributed by atoms with Crippen molar-refractivity contribution in [3.8, 4) is 22.7 Å². The molecule has 1 N–H and O–H groups in total. The summed E-state index contributed by atoms with van der Waals surface area (Å²) in [6.07, 6.45) is 0. The number of anilines is 1. The molecule has 1 aromatic heterocycles. The largest absolute Gasteiger partial charge is 0.494 e. The molecule has 4 rings (SSSR count). The Bertz CT molecular complexity index is 851. The van der Waals surface area contributed by atoms with E-state index in [0.717, 1.165) is 35.1 Å². The molecule has 0 amide bonds. The van der Waals surface area contributed by atoms with Crippen LogP contribution < -0.4 is 10.1 Å². The molecule has 1 aliphatic rings. The maximum atomic E-state index is 5.51. The second-order valence-electron chi connectivity index (χ2n) is 5.40. The number of fused-ring (bicyclic) bond motifs is 3. The number of aromatic nitrogens is 2. The fraction of sp³-hybridized carbons (Fsp3) is 0.167. The van der Waals surface area contributed by atoms with Gasteiger partial charge in [-0.25, -0.2) is 4.68 Å². The highest BCUT2D eigenvalue weighted by atomic mass is 16.5. The molecule has 0 atom stereocenters. The zero-order valence-corrected chi connectivity index (χ0v) is 12.6. The summed E-state index contributed by atoms with van der Waals surface area (Å²) < 4.78 is 7.51. The Balaban J connectivity index is 2.01. The van der Waals surface area contributed by atoms with Crippen LogP contribution in [0.3, 0.4) is 0 Å². The van der Waals surface area contributed by atoms with Crippen molar-refractivity contribution in [2.24, 2.45) is 0 Å². The molecule has 0 bridgehead atoms. The molecule has 0 radical (unpaired) electrons. The van der Waals surface area contributed by atoms with Crippen LogP contribution in [0.4, 0.5) is 5.69 Å². The van der Waals surface area contributed by atoms with Gasteiger partial charge in [-0.15, -0.1) is 0 Å². The van der Waals surface area contributed by atoms with E-state index in [-0.39, 0.29) is 0 Å². The molecular formula is C18H17N3O. The molecule has 110 valence electrons. The number of methoxy groups -OCH3 is 1. The van der Waals surface area contributed by atoms with Gasteiger partial charge in [0.25, 0.3) is 0 Å². The molecule has 0 saturated heterocycles. The number of benzene rings is 2. The lowest BCUT2D eigenvalue weighted by atomic mass is 10.00. The van der Waals surface area contributed by atoms with Crippen LogP contribution in [-0.2, 0) is 6.54 Å². The number of para-hydroxylation sites is 3. The molecule has 0 aliphatic carbocycles. The summed E-state index contributed by atoms with van der Waals surface area (Å²) in [5.74, 6) is 0.823. The summed E-state index contributed by atoms with van der Waals surface area (Å²) >= 11 is 0. The van der Waals surface area contributed by atoms with Crippen molar-refractivity contribution in [2.75, 3.05) is 12.4 Å². The molecule has 2 aromatic carbocycles. The lowest BCUT2D eigenvalue weighted by Gasteiger charge is -2.20. The van der Waals surface area contributed by atoms with Gasteiger partial charge in [-0.3, -0.25) is 0 Å². The van der Waals surface area contributed by atoms with E-state index in [9.17, 15) is 0 Å². The zero-order valence-electron chi connectivity index (χ0n) is 12.6. The standard InChI is InChI=1S/C18H17N3O/c1-12-14-11-19-15-8-4-3-7-13(15)18(14)21(20-12)16-9-5-6-10-17(16)22-2/h3-10,19H,11H2,1-2H3. The lowest BCUT2D eigenvalue weighted by molar-refractivity contribution is 0.412. The van der Waals surface area contributed by atoms with Crippen molar-refractivity contribution in [1.82, 2.24) is 9.78 Å². The monoisotopic (exact) mass is 291 g/mol. The van der Waals surface area contributed by atoms with Crippen LogP contribution in [0.1, 0.15) is 11.3 Å². The molecule has 22 heavy (non-hydrogen) atoms. The van der Waals surface area contributed by atoms with E-state index in [4.69, 9.17) is 9.84 Å². The third-order valence-corrected chi connectivity index (χ3v) is 4.14. The van der Waals surface area contributed by atoms with Crippen LogP contribution in [0.5, 0.6) is 5.75 Å². The van der Waals surface area contributed by atoms with Gasteiger partial charge in [0.2, 0.25) is 0 Å². The summed E-state index contributed by atoms with van der Waals surface area (Å²) in [4.78, 5) is 0. The Morgan fingerprint density at radius 1 is 1.09 bits per heavy atom. The van der Waals surface area contributed by atoms with Crippen molar-refractivity contribution in [1.29, 1.82) is 0 Å². The van der Waals surface area contributed by atoms with Gasteiger partial charge in [0.05, 0.1) is 18.5 Å². The Labute approximate surface area is 129 Å². The first kappa shape index (κ1) is 13.0. The fourth-order valence-electron chi connectivity index (χ4n) is 3.05. The number of hydrogen-bond acceptors (Lipinski definition) is 3. The van der Waals surface area contributed by atoms with E-state index in [0.29, 0.717) is 0 Å². The van der Waals surface area contributed by atoms with Gasteiger partial charge < -0.3 is 10.1 Å². The van der Waals surface area contributed by atoms with E-state index >= 15 is 0 Å². The molecule has 0 unspecified atom stereocenters. The molecular weight excluding hydrogens is 274 g/mol. The fourth-order valence-corrected chi connectivity index (χ4v) is 3.05. The van der Waals surface area contributed by atoms with E-state index in [1.807, 2.05) is 35.0 Å². The molecule has 0 fully saturated rings. The van der Waals surface area contributed by atoms with E-state index in [1.54, 1.807) is 7.11 Å². The van der Waals surface area contributed by atoms with Crippen LogP contribution in [-0.4, -0.2) is 16.9 Å². The van der Waals surface area contributed by atoms with Crippen LogP contribution in [0, 0.1) is 6.92 Å². The predicted molar refractivity (Wildman–Crippen MR) is 87.6 cm³/mol. The Hall–Kier alpha value is -2.75. The Kier molecular flexibility index (Phi) is 2.89. The average molecular weight is 291 g/mol. The highest BCUT2D eigenvalue weighted by Crippen LogP contribution is 2.39. The molecule has 3 aromatic rings. The number of nitrogens with one attached hydrogen (secondary N) is 1. The first-order valence-corrected chi connectivity index (χ1v) is 7.35. The van der Waals surface area contributed by atoms with Gasteiger partial charge in [0, 0.05) is 23.4 Å². The quantitative estimate of drug-likeness (QED) is 0.781. The van der Waals surface area contributed by atoms with E-state index in [1.165, 1.54) is 11.1 Å². The molecule has 4 heteroatoms. The number of aryl methyl sites for hydroxylation is 1. The highest BCUT2D eigenvalue weighted by molar-refractivity contribution is 5.82. The maximum Gasteiger partial charge on any atom is 0.144 e. The van der Waals surface area contributed by atoms with Crippen molar-refractivity contribution < 1.29 is 4.74 Å². The number of rotatable bonds is 2. The average Bonchev–Trinajstić information content (AvgIpc) is 2.92. The third kappa shape index (κ3) is 1.80. The molecule has 1 aliphatic heterocycles. The highest BCUT2D eigenvalue weighted by Gasteiger charge is 2.24. The molecule has 2 heterocycles. The van der Waals surface area contributed by atoms with Crippen molar-refractivity contribution >= 4 is 5.69 Å². The summed E-state index contributed by atoms with van der Waals surface area (Å²) in [7, 11) is 1.69. The molecule has 0 saturated carbocycles. The first-order chi connectivity index (χ1) is 10.8. The van der Waals surface area contributed by atoms with E-state index < -0.39 is 0 Å². The second kappa shape index (κ2) is 4.91. The van der Waals surface area contributed by atoms with E-state index in [2.05, 4.69) is 30.4 Å². The van der Waals surface area contributed by atoms with Crippen molar-refractivity contribution in [3.63, 3.8) is 0 Å². The second-order valence-corrected chi connectivity index (χ2v) is 5.40. The summed E-state index contributed by atoms with van der Waals surface area (Å²) in [5, 5.41) is 8.24. The van der Waals surface area contributed by atoms with Gasteiger partial charge in [0.15, 0.2) is 0 Å². The molecule has 4 nitrogen and oxygen atoms in total.